The molecule has 5 heterocycles. The Labute approximate surface area is 261 Å². The molecule has 0 radical (unpaired) electrons. The lowest BCUT2D eigenvalue weighted by atomic mass is 10.1. The maximum atomic E-state index is 13.4. The minimum atomic E-state index is -6.12. The van der Waals surface area contributed by atoms with E-state index in [4.69, 9.17) is 31.0 Å². The highest BCUT2D eigenvalue weighted by Crippen LogP contribution is 2.56. The largest absolute Gasteiger partial charge is 0.790 e. The molecule has 47 heavy (non-hydrogen) atoms. The van der Waals surface area contributed by atoms with E-state index in [-0.39, 0.29) is 22.5 Å². The summed E-state index contributed by atoms with van der Waals surface area (Å²) >= 11 is 0. The second-order valence-corrected chi connectivity index (χ2v) is 13.1. The molecule has 2 saturated heterocycles. The molecular formula is C21H25N10O14P2-. The molecule has 1 amide bonds. The van der Waals surface area contributed by atoms with Gasteiger partial charge in [-0.2, -0.15) is 4.57 Å². The summed E-state index contributed by atoms with van der Waals surface area (Å²) in [4.78, 5) is 59.8. The first-order chi connectivity index (χ1) is 22.0. The standard InChI is InChI=1S/C21H26N10O14P2/c22-15-9-17(27-21(26-15)28-29-24)31(6-25-9)19-12(34)10(32)8(43-19)5-42-46(37,38)20(45-47(39,40)41)14-11(33)13(35)18(44-14)30-3-1-2-7(4-30)16(23)36/h1-4,6,8,10-14,18-20,32-35H,5H2,(H6-,22,23,26,27,36,37,38,39,40,41)/p-1/t8-,10-,11+,12-,13-,14-,18-,19-,20?/m1/s1. The zero-order chi connectivity index (χ0) is 34.4. The highest BCUT2D eigenvalue weighted by atomic mass is 31.2. The van der Waals surface area contributed by atoms with Crippen molar-refractivity contribution in [1.82, 2.24) is 19.5 Å². The summed E-state index contributed by atoms with van der Waals surface area (Å²) in [6.07, 6.45) is -11.2. The number of nitrogen functional groups attached to an aromatic ring is 1. The second kappa shape index (κ2) is 13.1. The fraction of sp³-hybridized carbons (Fsp3) is 0.476. The zero-order valence-corrected chi connectivity index (χ0v) is 25.1. The third-order valence-corrected chi connectivity index (χ3v) is 9.33. The first-order valence-electron chi connectivity index (χ1n) is 13.1. The number of nitrogens with zero attached hydrogens (tertiary/aromatic N) is 8. The quantitative estimate of drug-likeness (QED) is 0.0329. The van der Waals surface area contributed by atoms with Gasteiger partial charge in [-0.15, -0.1) is 0 Å². The Bertz CT molecular complexity index is 1820. The topological polar surface area (TPSA) is 384 Å². The number of amides is 1. The van der Waals surface area contributed by atoms with Crippen LogP contribution in [0, 0.1) is 0 Å². The van der Waals surface area contributed by atoms with Crippen LogP contribution in [0.2, 0.25) is 0 Å². The highest BCUT2D eigenvalue weighted by Gasteiger charge is 2.57. The van der Waals surface area contributed by atoms with E-state index in [0.29, 0.717) is 0 Å². The summed E-state index contributed by atoms with van der Waals surface area (Å²) in [6, 6.07) is 2.62. The van der Waals surface area contributed by atoms with Crippen LogP contribution in [0.15, 0.2) is 36.0 Å². The smallest absolute Gasteiger partial charge is 0.359 e. The van der Waals surface area contributed by atoms with E-state index in [1.165, 1.54) is 18.3 Å². The number of ether oxygens (including phenoxy) is 2. The minimum Gasteiger partial charge on any atom is -0.790 e. The molecule has 0 aromatic carbocycles. The van der Waals surface area contributed by atoms with E-state index in [0.717, 1.165) is 21.7 Å². The number of carbonyl (C=O) groups excluding carboxylic acids is 1. The summed E-state index contributed by atoms with van der Waals surface area (Å²) in [6.45, 7) is -1.05. The van der Waals surface area contributed by atoms with E-state index in [2.05, 4.69) is 29.5 Å². The lowest BCUT2D eigenvalue weighted by molar-refractivity contribution is -0.766. The van der Waals surface area contributed by atoms with E-state index >= 15 is 0 Å². The number of pyridine rings is 1. The molecule has 2 aliphatic rings. The SMILES string of the molecule is [N-]=[N+]=Nc1nc(N)c2ncn([C@@H]3O[C@H](COP(=O)(O)C(OP(=O)([O-])[O-])[C@@H]4O[C@@H]([n+]5cccc(C(N)=O)c5)[C@H](O)[C@@H]4O)[C@@H](O)[C@H]3O)c2n1. The van der Waals surface area contributed by atoms with Gasteiger partial charge < -0.3 is 69.7 Å². The Kier molecular flexibility index (Phi) is 9.63. The number of phosphoric ester groups is 1. The van der Waals surface area contributed by atoms with Gasteiger partial charge in [0.2, 0.25) is 5.95 Å². The maximum absolute atomic E-state index is 13.4. The number of carbonyl (C=O) groups is 1. The number of fused-ring (bicyclic) bond motifs is 1. The molecule has 0 aliphatic carbocycles. The van der Waals surface area contributed by atoms with E-state index in [9.17, 15) is 49.0 Å². The summed E-state index contributed by atoms with van der Waals surface area (Å²) in [5.74, 6) is -4.25. The van der Waals surface area contributed by atoms with Gasteiger partial charge in [-0.25, -0.2) is 15.0 Å². The third kappa shape index (κ3) is 6.97. The third-order valence-electron chi connectivity index (χ3n) is 7.12. The number of aliphatic hydroxyl groups is 4. The first kappa shape index (κ1) is 34.6. The number of azide groups is 1. The van der Waals surface area contributed by atoms with Gasteiger partial charge in [0.05, 0.1) is 20.8 Å². The van der Waals surface area contributed by atoms with Crippen LogP contribution < -0.4 is 25.8 Å². The number of imidazole rings is 1. The van der Waals surface area contributed by atoms with Gasteiger partial charge >= 0.3 is 7.60 Å². The van der Waals surface area contributed by atoms with Crippen LogP contribution in [0.3, 0.4) is 0 Å². The molecule has 10 atom stereocenters. The molecule has 2 fully saturated rings. The van der Waals surface area contributed by atoms with Crippen molar-refractivity contribution in [1.29, 1.82) is 0 Å². The predicted molar refractivity (Wildman–Crippen MR) is 144 cm³/mol. The molecule has 26 heteroatoms. The van der Waals surface area contributed by atoms with Gasteiger partial charge in [-0.1, -0.05) is 0 Å². The Hall–Kier alpha value is -3.70. The fourth-order valence-electron chi connectivity index (χ4n) is 4.95. The van der Waals surface area contributed by atoms with Gasteiger partial charge in [-0.05, 0) is 16.7 Å². The Morgan fingerprint density at radius 3 is 2.57 bits per heavy atom. The van der Waals surface area contributed by atoms with Crippen LogP contribution >= 0.6 is 15.4 Å². The lowest BCUT2D eigenvalue weighted by Crippen LogP contribution is -2.46. The van der Waals surface area contributed by atoms with Crippen molar-refractivity contribution in [2.45, 2.75) is 54.9 Å². The minimum absolute atomic E-state index is 0.00140. The monoisotopic (exact) mass is 703 g/mol. The van der Waals surface area contributed by atoms with E-state index < -0.39 is 88.8 Å². The Morgan fingerprint density at radius 2 is 1.91 bits per heavy atom. The predicted octanol–water partition coefficient (Wildman–Crippen LogP) is -3.95. The van der Waals surface area contributed by atoms with Crippen LogP contribution in [0.1, 0.15) is 22.8 Å². The number of primary amides is 1. The van der Waals surface area contributed by atoms with Crippen molar-refractivity contribution in [2.75, 3.05) is 12.3 Å². The summed E-state index contributed by atoms with van der Waals surface area (Å²) in [7, 11) is -11.7. The summed E-state index contributed by atoms with van der Waals surface area (Å²) in [5.41, 5.74) is 19.6. The highest BCUT2D eigenvalue weighted by molar-refractivity contribution is 7.54. The molecule has 3 aromatic rings. The number of aromatic nitrogens is 5. The van der Waals surface area contributed by atoms with E-state index in [1.54, 1.807) is 0 Å². The molecule has 2 unspecified atom stereocenters. The van der Waals surface area contributed by atoms with Crippen molar-refractivity contribution in [3.05, 3.63) is 46.9 Å². The zero-order valence-electron chi connectivity index (χ0n) is 23.3. The van der Waals surface area contributed by atoms with Gasteiger partial charge in [0.25, 0.3) is 12.1 Å². The van der Waals surface area contributed by atoms with Gasteiger partial charge in [0.15, 0.2) is 42.0 Å². The average molecular weight is 703 g/mol. The molecule has 5 rings (SSSR count). The van der Waals surface area contributed by atoms with Crippen LogP contribution in [0.25, 0.3) is 21.6 Å². The molecule has 2 aliphatic heterocycles. The van der Waals surface area contributed by atoms with Crippen molar-refractivity contribution >= 4 is 44.3 Å². The van der Waals surface area contributed by atoms with Gasteiger partial charge in [-0.3, -0.25) is 13.9 Å². The van der Waals surface area contributed by atoms with Crippen LogP contribution in [0.4, 0.5) is 11.8 Å². The number of hydrogen-bond acceptors (Lipinski definition) is 18. The molecule has 0 saturated carbocycles. The number of phosphoric acid groups is 1. The van der Waals surface area contributed by atoms with Gasteiger partial charge in [0.1, 0.15) is 41.6 Å². The molecule has 254 valence electrons. The van der Waals surface area contributed by atoms with Crippen LogP contribution in [-0.4, -0.2) is 99.8 Å². The van der Waals surface area contributed by atoms with Crippen LogP contribution in [-0.2, 0) is 27.7 Å². The summed E-state index contributed by atoms with van der Waals surface area (Å²) in [5, 5.41) is 45.9. The average Bonchev–Trinajstić information content (AvgIpc) is 3.64. The number of aliphatic hydroxyl groups excluding tert-OH is 4. The van der Waals surface area contributed by atoms with E-state index in [1.807, 2.05) is 0 Å². The van der Waals surface area contributed by atoms with Crippen molar-refractivity contribution in [2.24, 2.45) is 10.8 Å². The Balaban J connectivity index is 1.36. The van der Waals surface area contributed by atoms with Crippen molar-refractivity contribution in [3.8, 4) is 0 Å². The van der Waals surface area contributed by atoms with Gasteiger partial charge in [0, 0.05) is 11.0 Å². The van der Waals surface area contributed by atoms with Crippen molar-refractivity contribution < 1.29 is 72.1 Å². The second-order valence-electron chi connectivity index (χ2n) is 10.1. The lowest BCUT2D eigenvalue weighted by Gasteiger charge is -2.37. The summed E-state index contributed by atoms with van der Waals surface area (Å²) < 4.78 is 47.4. The number of anilines is 1. The maximum Gasteiger partial charge on any atom is 0.359 e. The van der Waals surface area contributed by atoms with Crippen LogP contribution in [0.5, 0.6) is 0 Å². The molecule has 0 spiro atoms. The fourth-order valence-corrected chi connectivity index (χ4v) is 7.28. The number of hydrogen-bond donors (Lipinski definition) is 7. The number of nitrogens with two attached hydrogens (primary N) is 2. The molecular weight excluding hydrogens is 678 g/mol. The van der Waals surface area contributed by atoms with Crippen molar-refractivity contribution in [3.63, 3.8) is 0 Å². The normalized spacial score (nSPS) is 29.8. The molecule has 0 bridgehead atoms. The first-order valence-corrected chi connectivity index (χ1v) is 16.2. The molecule has 9 N–H and O–H groups in total. The molecule has 24 nitrogen and oxygen atoms in total. The number of rotatable bonds is 11. The Morgan fingerprint density at radius 1 is 1.19 bits per heavy atom. The molecule has 3 aromatic heterocycles.